The molecule has 0 aliphatic heterocycles. The lowest BCUT2D eigenvalue weighted by Crippen LogP contribution is -2.16. The smallest absolute Gasteiger partial charge is 0.259 e. The number of aryl methyl sites for hydroxylation is 3. The van der Waals surface area contributed by atoms with E-state index in [-0.39, 0.29) is 5.91 Å². The maximum absolute atomic E-state index is 12.3. The standard InChI is InChI=1S/C14H16N4O2/c1-7-11(6-15-9(3)16-7)14(19)17-12-8(2)18-20-13(12)10-4-5-10/h6,10H,4-5H2,1-3H3,(H,17,19). The minimum absolute atomic E-state index is 0.226. The Morgan fingerprint density at radius 2 is 2.05 bits per heavy atom. The van der Waals surface area contributed by atoms with Crippen molar-refractivity contribution in [1.82, 2.24) is 15.1 Å². The second-order valence-corrected chi connectivity index (χ2v) is 5.15. The molecule has 1 N–H and O–H groups in total. The molecule has 1 amide bonds. The summed E-state index contributed by atoms with van der Waals surface area (Å²) in [5.41, 5.74) is 2.53. The molecule has 0 radical (unpaired) electrons. The third-order valence-corrected chi connectivity index (χ3v) is 3.42. The van der Waals surface area contributed by atoms with E-state index >= 15 is 0 Å². The lowest BCUT2D eigenvalue weighted by atomic mass is 10.2. The van der Waals surface area contributed by atoms with Crippen molar-refractivity contribution >= 4 is 11.6 Å². The van der Waals surface area contributed by atoms with E-state index in [1.807, 2.05) is 6.92 Å². The van der Waals surface area contributed by atoms with Crippen molar-refractivity contribution in [3.63, 3.8) is 0 Å². The fourth-order valence-electron chi connectivity index (χ4n) is 2.15. The lowest BCUT2D eigenvalue weighted by Gasteiger charge is -2.07. The van der Waals surface area contributed by atoms with Gasteiger partial charge in [0.05, 0.1) is 11.3 Å². The average molecular weight is 272 g/mol. The number of hydrogen-bond acceptors (Lipinski definition) is 5. The second kappa shape index (κ2) is 4.70. The molecule has 2 aromatic rings. The summed E-state index contributed by atoms with van der Waals surface area (Å²) in [5.74, 6) is 1.60. The summed E-state index contributed by atoms with van der Waals surface area (Å²) in [5, 5.41) is 6.82. The molecule has 1 saturated carbocycles. The van der Waals surface area contributed by atoms with Gasteiger partial charge in [-0.05, 0) is 33.6 Å². The zero-order valence-corrected chi connectivity index (χ0v) is 11.7. The highest BCUT2D eigenvalue weighted by molar-refractivity contribution is 6.05. The van der Waals surface area contributed by atoms with Crippen molar-refractivity contribution in [2.24, 2.45) is 0 Å². The first-order valence-electron chi connectivity index (χ1n) is 6.64. The maximum Gasteiger partial charge on any atom is 0.259 e. The molecular formula is C14H16N4O2. The number of anilines is 1. The molecular weight excluding hydrogens is 256 g/mol. The first-order chi connectivity index (χ1) is 9.56. The molecule has 1 aliphatic rings. The van der Waals surface area contributed by atoms with Crippen LogP contribution in [0.1, 0.15) is 52.1 Å². The average Bonchev–Trinajstić information content (AvgIpc) is 3.16. The molecule has 1 fully saturated rings. The normalized spacial score (nSPS) is 14.3. The van der Waals surface area contributed by atoms with E-state index in [1.54, 1.807) is 20.0 Å². The van der Waals surface area contributed by atoms with E-state index in [2.05, 4.69) is 20.4 Å². The Balaban J connectivity index is 1.87. The van der Waals surface area contributed by atoms with Gasteiger partial charge in [-0.25, -0.2) is 9.97 Å². The van der Waals surface area contributed by atoms with Crippen molar-refractivity contribution < 1.29 is 9.32 Å². The van der Waals surface area contributed by atoms with Gasteiger partial charge in [0.25, 0.3) is 5.91 Å². The van der Waals surface area contributed by atoms with Gasteiger partial charge in [0.1, 0.15) is 17.2 Å². The van der Waals surface area contributed by atoms with Gasteiger partial charge in [0.15, 0.2) is 5.76 Å². The van der Waals surface area contributed by atoms with Crippen LogP contribution in [0.2, 0.25) is 0 Å². The molecule has 0 unspecified atom stereocenters. The third kappa shape index (κ3) is 2.29. The number of rotatable bonds is 3. The summed E-state index contributed by atoms with van der Waals surface area (Å²) in [7, 11) is 0. The molecule has 2 heterocycles. The van der Waals surface area contributed by atoms with Crippen LogP contribution >= 0.6 is 0 Å². The van der Waals surface area contributed by atoms with Gasteiger partial charge in [-0.3, -0.25) is 4.79 Å². The summed E-state index contributed by atoms with van der Waals surface area (Å²) in [6, 6.07) is 0. The van der Waals surface area contributed by atoms with Crippen molar-refractivity contribution in [2.45, 2.75) is 39.5 Å². The summed E-state index contributed by atoms with van der Waals surface area (Å²) in [6.45, 7) is 5.42. The summed E-state index contributed by atoms with van der Waals surface area (Å²) in [6.07, 6.45) is 3.72. The zero-order chi connectivity index (χ0) is 14.3. The lowest BCUT2D eigenvalue weighted by molar-refractivity contribution is 0.102. The first kappa shape index (κ1) is 12.8. The number of hydrogen-bond donors (Lipinski definition) is 1. The van der Waals surface area contributed by atoms with Crippen LogP contribution in [0.4, 0.5) is 5.69 Å². The summed E-state index contributed by atoms with van der Waals surface area (Å²) >= 11 is 0. The Morgan fingerprint density at radius 1 is 1.30 bits per heavy atom. The van der Waals surface area contributed by atoms with Crippen molar-refractivity contribution in [2.75, 3.05) is 5.32 Å². The van der Waals surface area contributed by atoms with Gasteiger partial charge in [-0.2, -0.15) is 0 Å². The van der Waals surface area contributed by atoms with Crippen LogP contribution in [0.25, 0.3) is 0 Å². The van der Waals surface area contributed by atoms with Gasteiger partial charge >= 0.3 is 0 Å². The number of nitrogens with one attached hydrogen (secondary N) is 1. The Hall–Kier alpha value is -2.24. The van der Waals surface area contributed by atoms with Gasteiger partial charge in [0, 0.05) is 12.1 Å². The largest absolute Gasteiger partial charge is 0.359 e. The van der Waals surface area contributed by atoms with E-state index in [1.165, 1.54) is 0 Å². The van der Waals surface area contributed by atoms with Gasteiger partial charge in [-0.15, -0.1) is 0 Å². The van der Waals surface area contributed by atoms with E-state index < -0.39 is 0 Å². The van der Waals surface area contributed by atoms with Crippen LogP contribution < -0.4 is 5.32 Å². The number of aromatic nitrogens is 3. The number of carbonyl (C=O) groups is 1. The Labute approximate surface area is 116 Å². The molecule has 2 aromatic heterocycles. The topological polar surface area (TPSA) is 80.9 Å². The highest BCUT2D eigenvalue weighted by atomic mass is 16.5. The molecule has 20 heavy (non-hydrogen) atoms. The molecule has 0 atom stereocenters. The van der Waals surface area contributed by atoms with Crippen LogP contribution in [-0.4, -0.2) is 21.0 Å². The molecule has 0 spiro atoms. The number of amides is 1. The summed E-state index contributed by atoms with van der Waals surface area (Å²) < 4.78 is 5.31. The minimum atomic E-state index is -0.226. The van der Waals surface area contributed by atoms with E-state index in [0.29, 0.717) is 34.4 Å². The monoisotopic (exact) mass is 272 g/mol. The fourth-order valence-corrected chi connectivity index (χ4v) is 2.15. The van der Waals surface area contributed by atoms with Crippen LogP contribution in [0.15, 0.2) is 10.7 Å². The number of nitrogens with zero attached hydrogens (tertiary/aromatic N) is 3. The molecule has 3 rings (SSSR count). The summed E-state index contributed by atoms with van der Waals surface area (Å²) in [4.78, 5) is 20.6. The quantitative estimate of drug-likeness (QED) is 0.928. The maximum atomic E-state index is 12.3. The molecule has 6 nitrogen and oxygen atoms in total. The number of carbonyl (C=O) groups excluding carboxylic acids is 1. The predicted molar refractivity (Wildman–Crippen MR) is 72.7 cm³/mol. The van der Waals surface area contributed by atoms with Gasteiger partial charge < -0.3 is 9.84 Å². The van der Waals surface area contributed by atoms with Crippen molar-refractivity contribution in [3.05, 3.63) is 34.7 Å². The first-order valence-corrected chi connectivity index (χ1v) is 6.64. The predicted octanol–water partition coefficient (Wildman–Crippen LogP) is 2.52. The van der Waals surface area contributed by atoms with Gasteiger partial charge in [-0.1, -0.05) is 5.16 Å². The molecule has 104 valence electrons. The van der Waals surface area contributed by atoms with Crippen LogP contribution in [-0.2, 0) is 0 Å². The van der Waals surface area contributed by atoms with Crippen LogP contribution in [0, 0.1) is 20.8 Å². The molecule has 0 bridgehead atoms. The third-order valence-electron chi connectivity index (χ3n) is 3.42. The van der Waals surface area contributed by atoms with E-state index in [0.717, 1.165) is 18.6 Å². The van der Waals surface area contributed by atoms with Crippen molar-refractivity contribution in [3.8, 4) is 0 Å². The highest BCUT2D eigenvalue weighted by Gasteiger charge is 2.32. The van der Waals surface area contributed by atoms with E-state index in [4.69, 9.17) is 4.52 Å². The zero-order valence-electron chi connectivity index (χ0n) is 11.7. The van der Waals surface area contributed by atoms with Gasteiger partial charge in [0.2, 0.25) is 0 Å². The molecule has 0 aromatic carbocycles. The molecule has 6 heteroatoms. The SMILES string of the molecule is Cc1ncc(C(=O)Nc2c(C)noc2C2CC2)c(C)n1. The highest BCUT2D eigenvalue weighted by Crippen LogP contribution is 2.44. The van der Waals surface area contributed by atoms with E-state index in [9.17, 15) is 4.79 Å². The molecule has 0 saturated heterocycles. The Kier molecular flexibility index (Phi) is 3.00. The Bertz CT molecular complexity index is 674. The molecule has 1 aliphatic carbocycles. The van der Waals surface area contributed by atoms with Crippen molar-refractivity contribution in [1.29, 1.82) is 0 Å². The van der Waals surface area contributed by atoms with Crippen LogP contribution in [0.5, 0.6) is 0 Å². The second-order valence-electron chi connectivity index (χ2n) is 5.15. The Morgan fingerprint density at radius 3 is 2.70 bits per heavy atom. The fraction of sp³-hybridized carbons (Fsp3) is 0.429. The minimum Gasteiger partial charge on any atom is -0.359 e. The van der Waals surface area contributed by atoms with Crippen LogP contribution in [0.3, 0.4) is 0 Å².